The molecule has 4 heteroatoms. The summed E-state index contributed by atoms with van der Waals surface area (Å²) >= 11 is 0. The molecule has 2 atom stereocenters. The Labute approximate surface area is 141 Å². The Kier molecular flexibility index (Phi) is 3.50. The van der Waals surface area contributed by atoms with Crippen molar-refractivity contribution < 1.29 is 9.59 Å². The SMILES string of the molecule is C[C@]12CN(Cc3ccccc3)C[C@H]1C(=O)Nc1ccccc1C2=O. The summed E-state index contributed by atoms with van der Waals surface area (Å²) in [5, 5.41) is 2.95. The van der Waals surface area contributed by atoms with Crippen LogP contribution < -0.4 is 5.32 Å². The lowest BCUT2D eigenvalue weighted by molar-refractivity contribution is -0.121. The second-order valence-corrected chi connectivity index (χ2v) is 6.99. The first kappa shape index (κ1) is 15.1. The molecule has 2 aromatic carbocycles. The van der Waals surface area contributed by atoms with Crippen LogP contribution >= 0.6 is 0 Å². The number of Topliss-reactive ketones (excluding diaryl/α,β-unsaturated/α-hetero) is 1. The average molecular weight is 320 g/mol. The van der Waals surface area contributed by atoms with Gasteiger partial charge in [-0.25, -0.2) is 0 Å². The largest absolute Gasteiger partial charge is 0.325 e. The third-order valence-electron chi connectivity index (χ3n) is 5.28. The molecule has 4 nitrogen and oxygen atoms in total. The fourth-order valence-corrected chi connectivity index (χ4v) is 3.98. The minimum Gasteiger partial charge on any atom is -0.325 e. The highest BCUT2D eigenvalue weighted by atomic mass is 16.2. The number of hydrogen-bond donors (Lipinski definition) is 1. The molecule has 0 spiro atoms. The van der Waals surface area contributed by atoms with Crippen molar-refractivity contribution in [3.8, 4) is 0 Å². The maximum atomic E-state index is 13.2. The smallest absolute Gasteiger partial charge is 0.229 e. The van der Waals surface area contributed by atoms with Crippen molar-refractivity contribution in [2.24, 2.45) is 11.3 Å². The molecule has 4 rings (SSSR count). The van der Waals surface area contributed by atoms with E-state index in [1.807, 2.05) is 43.3 Å². The van der Waals surface area contributed by atoms with Gasteiger partial charge in [-0.05, 0) is 17.7 Å². The summed E-state index contributed by atoms with van der Waals surface area (Å²) in [5.74, 6) is -0.301. The van der Waals surface area contributed by atoms with Crippen molar-refractivity contribution in [3.63, 3.8) is 0 Å². The Morgan fingerprint density at radius 3 is 2.58 bits per heavy atom. The van der Waals surface area contributed by atoms with E-state index < -0.39 is 5.41 Å². The van der Waals surface area contributed by atoms with Gasteiger partial charge < -0.3 is 5.32 Å². The maximum Gasteiger partial charge on any atom is 0.229 e. The number of ketones is 1. The number of fused-ring (bicyclic) bond motifs is 2. The van der Waals surface area contributed by atoms with Crippen molar-refractivity contribution in [1.29, 1.82) is 0 Å². The molecule has 1 saturated heterocycles. The second kappa shape index (κ2) is 5.56. The van der Waals surface area contributed by atoms with Gasteiger partial charge in [0.1, 0.15) is 0 Å². The van der Waals surface area contributed by atoms with Gasteiger partial charge in [0.25, 0.3) is 0 Å². The first-order chi connectivity index (χ1) is 11.6. The van der Waals surface area contributed by atoms with Gasteiger partial charge in [-0.15, -0.1) is 0 Å². The molecule has 2 aromatic rings. The molecule has 0 radical (unpaired) electrons. The molecular weight excluding hydrogens is 300 g/mol. The predicted molar refractivity (Wildman–Crippen MR) is 92.7 cm³/mol. The van der Waals surface area contributed by atoms with Crippen LogP contribution in [-0.2, 0) is 11.3 Å². The zero-order valence-electron chi connectivity index (χ0n) is 13.7. The van der Waals surface area contributed by atoms with Crippen LogP contribution in [0.3, 0.4) is 0 Å². The number of amides is 1. The third kappa shape index (κ3) is 2.34. The highest BCUT2D eigenvalue weighted by Crippen LogP contribution is 2.43. The van der Waals surface area contributed by atoms with Gasteiger partial charge in [0.2, 0.25) is 5.91 Å². The van der Waals surface area contributed by atoms with Gasteiger partial charge >= 0.3 is 0 Å². The van der Waals surface area contributed by atoms with E-state index in [4.69, 9.17) is 0 Å². The van der Waals surface area contributed by atoms with Crippen LogP contribution in [0.25, 0.3) is 0 Å². The van der Waals surface area contributed by atoms with Crippen LogP contribution in [0, 0.1) is 11.3 Å². The standard InChI is InChI=1S/C20H20N2O2/c1-20-13-22(11-14-7-3-2-4-8-14)12-16(20)19(24)21-17-10-6-5-9-15(17)18(20)23/h2-10,16H,11-13H2,1H3,(H,21,24)/t16-,20-/m0/s1. The molecule has 0 saturated carbocycles. The van der Waals surface area contributed by atoms with Crippen LogP contribution in [-0.4, -0.2) is 29.7 Å². The molecular formula is C20H20N2O2. The van der Waals surface area contributed by atoms with Crippen LogP contribution in [0.2, 0.25) is 0 Å². The summed E-state index contributed by atoms with van der Waals surface area (Å²) in [6, 6.07) is 17.5. The fraction of sp³-hybridized carbons (Fsp3) is 0.300. The number of rotatable bonds is 2. The minimum atomic E-state index is -0.675. The van der Waals surface area contributed by atoms with Crippen LogP contribution in [0.5, 0.6) is 0 Å². The number of carbonyl (C=O) groups excluding carboxylic acids is 2. The van der Waals surface area contributed by atoms with Crippen molar-refractivity contribution in [2.75, 3.05) is 18.4 Å². The van der Waals surface area contributed by atoms with Gasteiger partial charge in [-0.2, -0.15) is 0 Å². The van der Waals surface area contributed by atoms with Crippen molar-refractivity contribution in [1.82, 2.24) is 4.90 Å². The normalized spacial score (nSPS) is 26.5. The number of benzene rings is 2. The van der Waals surface area contributed by atoms with E-state index in [2.05, 4.69) is 22.3 Å². The maximum absolute atomic E-state index is 13.2. The quantitative estimate of drug-likeness (QED) is 0.925. The second-order valence-electron chi connectivity index (χ2n) is 6.99. The Morgan fingerprint density at radius 2 is 1.79 bits per heavy atom. The lowest BCUT2D eigenvalue weighted by Crippen LogP contribution is -2.39. The average Bonchev–Trinajstić information content (AvgIpc) is 2.90. The highest BCUT2D eigenvalue weighted by molar-refractivity contribution is 6.13. The number of likely N-dealkylation sites (tertiary alicyclic amines) is 1. The molecule has 2 aliphatic rings. The number of nitrogens with one attached hydrogen (secondary N) is 1. The Morgan fingerprint density at radius 1 is 1.08 bits per heavy atom. The highest BCUT2D eigenvalue weighted by Gasteiger charge is 2.53. The molecule has 1 fully saturated rings. The molecule has 2 aliphatic heterocycles. The molecule has 1 amide bonds. The van der Waals surface area contributed by atoms with Crippen molar-refractivity contribution >= 4 is 17.4 Å². The molecule has 0 aliphatic carbocycles. The van der Waals surface area contributed by atoms with E-state index in [9.17, 15) is 9.59 Å². The fourth-order valence-electron chi connectivity index (χ4n) is 3.98. The van der Waals surface area contributed by atoms with Crippen molar-refractivity contribution in [2.45, 2.75) is 13.5 Å². The van der Waals surface area contributed by atoms with E-state index in [0.717, 1.165) is 6.54 Å². The Balaban J connectivity index is 1.66. The molecule has 0 bridgehead atoms. The van der Waals surface area contributed by atoms with Crippen LogP contribution in [0.15, 0.2) is 54.6 Å². The van der Waals surface area contributed by atoms with Crippen LogP contribution in [0.1, 0.15) is 22.8 Å². The van der Waals surface area contributed by atoms with Crippen LogP contribution in [0.4, 0.5) is 5.69 Å². The summed E-state index contributed by atoms with van der Waals surface area (Å²) in [4.78, 5) is 28.1. The molecule has 24 heavy (non-hydrogen) atoms. The van der Waals surface area contributed by atoms with E-state index in [0.29, 0.717) is 24.3 Å². The summed E-state index contributed by atoms with van der Waals surface area (Å²) in [7, 11) is 0. The van der Waals surface area contributed by atoms with Gasteiger partial charge in [0.15, 0.2) is 5.78 Å². The lowest BCUT2D eigenvalue weighted by Gasteiger charge is -2.25. The zero-order valence-corrected chi connectivity index (χ0v) is 13.7. The van der Waals surface area contributed by atoms with Crippen molar-refractivity contribution in [3.05, 3.63) is 65.7 Å². The Hall–Kier alpha value is -2.46. The molecule has 0 unspecified atom stereocenters. The summed E-state index contributed by atoms with van der Waals surface area (Å²) < 4.78 is 0. The topological polar surface area (TPSA) is 49.4 Å². The molecule has 122 valence electrons. The van der Waals surface area contributed by atoms with Gasteiger partial charge in [0.05, 0.1) is 17.0 Å². The summed E-state index contributed by atoms with van der Waals surface area (Å²) in [6.07, 6.45) is 0. The van der Waals surface area contributed by atoms with E-state index in [1.165, 1.54) is 5.56 Å². The monoisotopic (exact) mass is 320 g/mol. The van der Waals surface area contributed by atoms with E-state index in [-0.39, 0.29) is 17.6 Å². The summed E-state index contributed by atoms with van der Waals surface area (Å²) in [6.45, 7) is 3.91. The molecule has 2 heterocycles. The van der Waals surface area contributed by atoms with Gasteiger partial charge in [0, 0.05) is 25.2 Å². The van der Waals surface area contributed by atoms with Gasteiger partial charge in [-0.1, -0.05) is 49.4 Å². The predicted octanol–water partition coefficient (Wildman–Crippen LogP) is 2.96. The third-order valence-corrected chi connectivity index (χ3v) is 5.28. The Bertz CT molecular complexity index is 802. The number of carbonyl (C=O) groups is 2. The first-order valence-corrected chi connectivity index (χ1v) is 8.29. The molecule has 0 aromatic heterocycles. The number of anilines is 1. The van der Waals surface area contributed by atoms with E-state index in [1.54, 1.807) is 6.07 Å². The molecule has 1 N–H and O–H groups in total. The van der Waals surface area contributed by atoms with Gasteiger partial charge in [-0.3, -0.25) is 14.5 Å². The zero-order chi connectivity index (χ0) is 16.7. The number of para-hydroxylation sites is 1. The minimum absolute atomic E-state index is 0.0497. The lowest BCUT2D eigenvalue weighted by atomic mass is 9.74. The number of hydrogen-bond acceptors (Lipinski definition) is 3. The number of nitrogens with zero attached hydrogens (tertiary/aromatic N) is 1. The van der Waals surface area contributed by atoms with E-state index >= 15 is 0 Å². The summed E-state index contributed by atoms with van der Waals surface area (Å²) in [5.41, 5.74) is 1.78. The first-order valence-electron chi connectivity index (χ1n) is 8.29.